The molecular weight excluding hydrogens is 847 g/mol. The van der Waals surface area contributed by atoms with Gasteiger partial charge in [0.2, 0.25) is 0 Å². The maximum Gasteiger partial charge on any atom is 0.126 e. The van der Waals surface area contributed by atoms with Crippen molar-refractivity contribution in [1.29, 1.82) is 0 Å². The Morgan fingerprint density at radius 3 is 1.83 bits per heavy atom. The fraction of sp³-hybridized carbons (Fsp3) is 0.149. The van der Waals surface area contributed by atoms with Crippen LogP contribution in [0.25, 0.3) is 33.5 Å². The third-order valence-electron chi connectivity index (χ3n) is 14.7. The predicted octanol–water partition coefficient (Wildman–Crippen LogP) is 16.5. The van der Waals surface area contributed by atoms with Crippen molar-refractivity contribution in [2.75, 3.05) is 0 Å². The quantitative estimate of drug-likeness (QED) is 0.0982. The van der Waals surface area contributed by atoms with E-state index < -0.39 is 0 Å². The lowest BCUT2D eigenvalue weighted by molar-refractivity contribution is 0.372. The van der Waals surface area contributed by atoms with Crippen molar-refractivity contribution < 1.29 is 0 Å². The lowest BCUT2D eigenvalue weighted by atomic mass is 9.76. The second-order valence-electron chi connectivity index (χ2n) is 19.1. The van der Waals surface area contributed by atoms with Gasteiger partial charge in [0.05, 0.1) is 17.4 Å². The number of rotatable bonds is 12. The van der Waals surface area contributed by atoms with E-state index in [0.29, 0.717) is 17.7 Å². The van der Waals surface area contributed by atoms with Crippen LogP contribution in [-0.4, -0.2) is 10.7 Å². The van der Waals surface area contributed by atoms with Crippen LogP contribution < -0.4 is 5.73 Å². The largest absolute Gasteiger partial charge is 0.383 e. The fourth-order valence-corrected chi connectivity index (χ4v) is 11.0. The molecule has 6 aromatic rings. The summed E-state index contributed by atoms with van der Waals surface area (Å²) in [6.07, 6.45) is 27.2. The first-order chi connectivity index (χ1) is 34.5. The van der Waals surface area contributed by atoms with E-state index in [1.165, 1.54) is 78.1 Å². The van der Waals surface area contributed by atoms with Crippen LogP contribution in [-0.2, 0) is 0 Å². The van der Waals surface area contributed by atoms with Crippen LogP contribution in [0.3, 0.4) is 0 Å². The highest BCUT2D eigenvalue weighted by Gasteiger charge is 2.38. The van der Waals surface area contributed by atoms with E-state index in [1.54, 1.807) is 0 Å². The van der Waals surface area contributed by atoms with E-state index in [-0.39, 0.29) is 6.04 Å². The van der Waals surface area contributed by atoms with Gasteiger partial charge in [-0.1, -0.05) is 232 Å². The first kappa shape index (κ1) is 44.5. The maximum atomic E-state index is 6.77. The van der Waals surface area contributed by atoms with E-state index in [2.05, 4.69) is 206 Å². The van der Waals surface area contributed by atoms with Crippen molar-refractivity contribution in [2.45, 2.75) is 51.5 Å². The summed E-state index contributed by atoms with van der Waals surface area (Å²) in [4.78, 5) is 7.71. The minimum absolute atomic E-state index is 0.0837. The van der Waals surface area contributed by atoms with Gasteiger partial charge in [0.1, 0.15) is 5.84 Å². The normalized spacial score (nSPS) is 18.8. The molecule has 0 saturated carbocycles. The minimum Gasteiger partial charge on any atom is -0.383 e. The molecule has 0 aromatic heterocycles. The second-order valence-corrected chi connectivity index (χ2v) is 19.1. The Hall–Kier alpha value is -8.01. The Morgan fingerprint density at radius 1 is 0.600 bits per heavy atom. The topological polar surface area (TPSA) is 41.6 Å². The third kappa shape index (κ3) is 8.92. The van der Waals surface area contributed by atoms with E-state index in [4.69, 9.17) is 17.3 Å². The van der Waals surface area contributed by atoms with Gasteiger partial charge in [0.25, 0.3) is 0 Å². The zero-order valence-corrected chi connectivity index (χ0v) is 40.0. The molecule has 11 rings (SSSR count). The van der Waals surface area contributed by atoms with Crippen LogP contribution in [0.1, 0.15) is 84.9 Å². The van der Waals surface area contributed by atoms with Gasteiger partial charge in [0, 0.05) is 22.4 Å². The van der Waals surface area contributed by atoms with Crippen molar-refractivity contribution >= 4 is 28.3 Å². The summed E-state index contributed by atoms with van der Waals surface area (Å²) >= 11 is 0. The van der Waals surface area contributed by atoms with Crippen molar-refractivity contribution in [3.8, 4) is 11.1 Å². The summed E-state index contributed by atoms with van der Waals surface area (Å²) in [6, 6.07) is 60.9. The molecule has 70 heavy (non-hydrogen) atoms. The summed E-state index contributed by atoms with van der Waals surface area (Å²) in [7, 11) is 0. The van der Waals surface area contributed by atoms with Gasteiger partial charge in [-0.3, -0.25) is 4.99 Å². The van der Waals surface area contributed by atoms with E-state index >= 15 is 0 Å². The Morgan fingerprint density at radius 2 is 1.19 bits per heavy atom. The van der Waals surface area contributed by atoms with Gasteiger partial charge in [0.15, 0.2) is 0 Å². The molecule has 0 radical (unpaired) electrons. The van der Waals surface area contributed by atoms with Crippen LogP contribution in [0, 0.1) is 11.8 Å². The number of nitrogens with zero attached hydrogens (tertiary/aromatic N) is 2. The number of nitrogens with two attached hydrogens (primary N) is 1. The Balaban J connectivity index is 0.941. The van der Waals surface area contributed by atoms with Gasteiger partial charge in [-0.15, -0.1) is 0 Å². The van der Waals surface area contributed by atoms with E-state index in [9.17, 15) is 0 Å². The molecule has 0 fully saturated rings. The molecule has 0 spiro atoms. The van der Waals surface area contributed by atoms with Gasteiger partial charge in [-0.2, -0.15) is 0 Å². The van der Waals surface area contributed by atoms with Crippen LogP contribution in [0.2, 0.25) is 0 Å². The van der Waals surface area contributed by atoms with Crippen molar-refractivity contribution in [3.05, 3.63) is 298 Å². The predicted molar refractivity (Wildman–Crippen MR) is 295 cm³/mol. The Bertz CT molecular complexity index is 3240. The first-order valence-electron chi connectivity index (χ1n) is 25.1. The van der Waals surface area contributed by atoms with Gasteiger partial charge in [-0.05, 0) is 123 Å². The van der Waals surface area contributed by atoms with Gasteiger partial charge in [-0.25, -0.2) is 0 Å². The third-order valence-corrected chi connectivity index (χ3v) is 14.7. The maximum absolute atomic E-state index is 6.77. The number of fused-ring (bicyclic) bond motifs is 2. The summed E-state index contributed by atoms with van der Waals surface area (Å²) in [6.45, 7) is 7.19. The monoisotopic (exact) mass is 905 g/mol. The Labute approximate surface area is 414 Å². The highest BCUT2D eigenvalue weighted by Crippen LogP contribution is 2.55. The van der Waals surface area contributed by atoms with Gasteiger partial charge < -0.3 is 10.6 Å². The molecule has 3 nitrogen and oxygen atoms in total. The number of amidine groups is 1. The smallest absolute Gasteiger partial charge is 0.126 e. The van der Waals surface area contributed by atoms with E-state index in [1.807, 2.05) is 30.3 Å². The van der Waals surface area contributed by atoms with Crippen LogP contribution in [0.5, 0.6) is 0 Å². The summed E-state index contributed by atoms with van der Waals surface area (Å²) < 4.78 is 0. The molecule has 0 bridgehead atoms. The fourth-order valence-electron chi connectivity index (χ4n) is 11.0. The van der Waals surface area contributed by atoms with Crippen molar-refractivity contribution in [1.82, 2.24) is 4.90 Å². The number of aliphatic imine (C=N–C) groups is 1. The number of hydrogen-bond donors (Lipinski definition) is 1. The average Bonchev–Trinajstić information content (AvgIpc) is 3.43. The highest BCUT2D eigenvalue weighted by atomic mass is 15.2. The molecule has 3 heteroatoms. The zero-order valence-electron chi connectivity index (χ0n) is 40.0. The lowest BCUT2D eigenvalue weighted by Gasteiger charge is -2.43. The number of hydrogen-bond acceptors (Lipinski definition) is 2. The van der Waals surface area contributed by atoms with Crippen LogP contribution in [0.4, 0.5) is 0 Å². The second kappa shape index (κ2) is 19.9. The molecule has 6 aromatic carbocycles. The summed E-state index contributed by atoms with van der Waals surface area (Å²) in [5.74, 6) is 1.42. The number of benzene rings is 6. The van der Waals surface area contributed by atoms with Crippen molar-refractivity contribution in [2.24, 2.45) is 22.6 Å². The minimum atomic E-state index is -0.0837. The average molecular weight is 906 g/mol. The molecule has 2 aliphatic heterocycles. The van der Waals surface area contributed by atoms with Gasteiger partial charge >= 0.3 is 0 Å². The Kier molecular flexibility index (Phi) is 12.7. The molecule has 342 valence electrons. The highest BCUT2D eigenvalue weighted by molar-refractivity contribution is 6.13. The molecular formula is C67H59N3. The molecule has 5 aliphatic rings. The molecule has 3 aliphatic carbocycles. The standard InChI is InChI=1S/C67H59N3/c1-46(48-32-34-50(35-33-48)49-20-8-3-9-21-49)44-62(69-67(68)58-28-16-7-17-29-58)54-40-36-51(37-41-54)52-38-42-56(43-39-52)63-59-30-18-19-31-60(59)66-64(55-24-12-5-13-25-55)61(53-22-10-4-11-23-53)45-47(2)70(66)65(63)57-26-14-6-15-27-57/h4-8,10-18,20-30,32,34-43,45-46,48,62H,2-3,9,19,31,33,44H2,1H3,(H2,68,69). The number of allylic oxidation sites excluding steroid dienone is 16. The molecule has 0 amide bonds. The molecule has 3 atom stereocenters. The summed E-state index contributed by atoms with van der Waals surface area (Å²) in [5, 5.41) is 0. The SMILES string of the molecule is C=C1C=C(c2ccccc2)C(c2ccccc2)=C2C3=C(C=CCC3)C(c3ccc(-c4ccc(C(CC(C)C5C=CC(C6=CCCC=C6)=CC5)N=C(N)c5ccccc5)cc4)cc3)=C(c3ccccc3)N12. The molecule has 3 unspecified atom stereocenters. The molecule has 0 saturated heterocycles. The summed E-state index contributed by atoms with van der Waals surface area (Å²) in [5.41, 5.74) is 28.3. The van der Waals surface area contributed by atoms with Crippen molar-refractivity contribution in [3.63, 3.8) is 0 Å². The van der Waals surface area contributed by atoms with E-state index in [0.717, 1.165) is 61.0 Å². The zero-order chi connectivity index (χ0) is 47.4. The van der Waals surface area contributed by atoms with Crippen LogP contribution >= 0.6 is 0 Å². The first-order valence-corrected chi connectivity index (χ1v) is 25.1. The molecule has 2 heterocycles. The lowest BCUT2D eigenvalue weighted by Crippen LogP contribution is -2.30. The molecule has 2 N–H and O–H groups in total. The van der Waals surface area contributed by atoms with Crippen LogP contribution in [0.15, 0.2) is 270 Å².